The van der Waals surface area contributed by atoms with Crippen LogP contribution in [0.15, 0.2) is 35.1 Å². The highest BCUT2D eigenvalue weighted by molar-refractivity contribution is 5.39. The summed E-state index contributed by atoms with van der Waals surface area (Å²) in [6, 6.07) is 9.24. The summed E-state index contributed by atoms with van der Waals surface area (Å²) >= 11 is 0. The molecule has 1 atom stereocenters. The van der Waals surface area contributed by atoms with E-state index in [4.69, 9.17) is 4.74 Å². The number of likely N-dealkylation sites (N-methyl/N-ethyl adjacent to an activating group) is 1. The minimum atomic E-state index is -0.104. The third-order valence-electron chi connectivity index (χ3n) is 3.46. The number of ether oxygens (including phenoxy) is 1. The van der Waals surface area contributed by atoms with E-state index in [1.807, 2.05) is 33.0 Å². The van der Waals surface area contributed by atoms with Crippen LogP contribution in [0.25, 0.3) is 0 Å². The molecule has 2 aromatic rings. The van der Waals surface area contributed by atoms with Gasteiger partial charge in [-0.05, 0) is 33.0 Å². The summed E-state index contributed by atoms with van der Waals surface area (Å²) < 4.78 is 6.91. The first-order valence-corrected chi connectivity index (χ1v) is 6.91. The Balaban J connectivity index is 2.38. The van der Waals surface area contributed by atoms with Crippen LogP contribution < -0.4 is 15.6 Å². The van der Waals surface area contributed by atoms with Crippen molar-refractivity contribution in [2.45, 2.75) is 26.4 Å². The van der Waals surface area contributed by atoms with Crippen LogP contribution in [0.3, 0.4) is 0 Å². The van der Waals surface area contributed by atoms with E-state index in [2.05, 4.69) is 16.5 Å². The van der Waals surface area contributed by atoms with E-state index in [1.54, 1.807) is 19.2 Å². The number of aromatic nitrogens is 2. The molecule has 1 aromatic heterocycles. The van der Waals surface area contributed by atoms with E-state index in [1.165, 1.54) is 4.68 Å². The molecule has 0 saturated carbocycles. The monoisotopic (exact) mass is 287 g/mol. The largest absolute Gasteiger partial charge is 0.496 e. The van der Waals surface area contributed by atoms with E-state index < -0.39 is 0 Å². The van der Waals surface area contributed by atoms with Gasteiger partial charge < -0.3 is 10.1 Å². The van der Waals surface area contributed by atoms with E-state index in [0.29, 0.717) is 6.54 Å². The number of hydrogen-bond acceptors (Lipinski definition) is 4. The molecule has 1 aromatic carbocycles. The Kier molecular flexibility index (Phi) is 4.75. The lowest BCUT2D eigenvalue weighted by Crippen LogP contribution is -2.30. The normalized spacial score (nSPS) is 12.2. The van der Waals surface area contributed by atoms with E-state index >= 15 is 0 Å². The zero-order valence-corrected chi connectivity index (χ0v) is 12.9. The highest BCUT2D eigenvalue weighted by Gasteiger charge is 2.16. The van der Waals surface area contributed by atoms with Gasteiger partial charge in [-0.1, -0.05) is 17.7 Å². The highest BCUT2D eigenvalue weighted by Crippen LogP contribution is 2.26. The summed E-state index contributed by atoms with van der Waals surface area (Å²) in [6.07, 6.45) is 0. The number of hydrogen-bond donors (Lipinski definition) is 1. The van der Waals surface area contributed by atoms with Gasteiger partial charge in [0.2, 0.25) is 0 Å². The number of aryl methyl sites for hydroxylation is 2. The smallest absolute Gasteiger partial charge is 0.266 e. The summed E-state index contributed by atoms with van der Waals surface area (Å²) in [5.74, 6) is 0.806. The van der Waals surface area contributed by atoms with Crippen LogP contribution in [-0.2, 0) is 6.54 Å². The number of methoxy groups -OCH3 is 1. The maximum Gasteiger partial charge on any atom is 0.266 e. The molecule has 0 aliphatic carbocycles. The van der Waals surface area contributed by atoms with Crippen molar-refractivity contribution in [1.29, 1.82) is 0 Å². The van der Waals surface area contributed by atoms with Gasteiger partial charge in [0.1, 0.15) is 5.75 Å². The molecule has 1 heterocycles. The molecule has 1 N–H and O–H groups in total. The second-order valence-corrected chi connectivity index (χ2v) is 5.08. The van der Waals surface area contributed by atoms with Gasteiger partial charge in [0.15, 0.2) is 0 Å². The Morgan fingerprint density at radius 1 is 1.29 bits per heavy atom. The summed E-state index contributed by atoms with van der Waals surface area (Å²) in [6.45, 7) is 4.36. The van der Waals surface area contributed by atoms with Gasteiger partial charge in [-0.2, -0.15) is 5.10 Å². The molecule has 0 aliphatic heterocycles. The standard InChI is InChI=1S/C16H21N3O2/c1-11-5-7-15(21-4)13(9-11)14(17-3)10-19-16(20)8-6-12(2)18-19/h5-9,14,17H,10H2,1-4H3. The molecule has 2 rings (SSSR count). The molecule has 5 heteroatoms. The quantitative estimate of drug-likeness (QED) is 0.911. The minimum absolute atomic E-state index is 0.0492. The van der Waals surface area contributed by atoms with Crippen molar-refractivity contribution in [3.8, 4) is 5.75 Å². The number of nitrogens with zero attached hydrogens (tertiary/aromatic N) is 2. The third-order valence-corrected chi connectivity index (χ3v) is 3.46. The van der Waals surface area contributed by atoms with Crippen LogP contribution >= 0.6 is 0 Å². The summed E-state index contributed by atoms with van der Waals surface area (Å²) in [5.41, 5.74) is 2.89. The topological polar surface area (TPSA) is 56.2 Å². The molecule has 5 nitrogen and oxygen atoms in total. The van der Waals surface area contributed by atoms with Gasteiger partial charge in [0.05, 0.1) is 25.4 Å². The lowest BCUT2D eigenvalue weighted by atomic mass is 10.0. The first-order chi connectivity index (χ1) is 10.0. The van der Waals surface area contributed by atoms with Crippen LogP contribution in [-0.4, -0.2) is 23.9 Å². The Bertz CT molecular complexity index is 679. The number of nitrogens with one attached hydrogen (secondary N) is 1. The first kappa shape index (κ1) is 15.3. The van der Waals surface area contributed by atoms with Crippen molar-refractivity contribution in [1.82, 2.24) is 15.1 Å². The molecule has 112 valence electrons. The van der Waals surface area contributed by atoms with Crippen molar-refractivity contribution in [3.63, 3.8) is 0 Å². The third kappa shape index (κ3) is 3.49. The predicted molar refractivity (Wildman–Crippen MR) is 82.8 cm³/mol. The van der Waals surface area contributed by atoms with Crippen molar-refractivity contribution < 1.29 is 4.74 Å². The first-order valence-electron chi connectivity index (χ1n) is 6.91. The highest BCUT2D eigenvalue weighted by atomic mass is 16.5. The average molecular weight is 287 g/mol. The maximum absolute atomic E-state index is 11.9. The average Bonchev–Trinajstić information content (AvgIpc) is 2.48. The molecular formula is C16H21N3O2. The maximum atomic E-state index is 11.9. The molecule has 1 unspecified atom stereocenters. The second kappa shape index (κ2) is 6.54. The molecule has 0 bridgehead atoms. The van der Waals surface area contributed by atoms with Gasteiger partial charge in [-0.25, -0.2) is 4.68 Å². The molecule has 0 saturated heterocycles. The lowest BCUT2D eigenvalue weighted by molar-refractivity contribution is 0.387. The Morgan fingerprint density at radius 2 is 2.05 bits per heavy atom. The number of rotatable bonds is 5. The fourth-order valence-electron chi connectivity index (χ4n) is 2.33. The molecule has 0 aliphatic rings. The van der Waals surface area contributed by atoms with E-state index in [-0.39, 0.29) is 11.6 Å². The minimum Gasteiger partial charge on any atom is -0.496 e. The van der Waals surface area contributed by atoms with E-state index in [0.717, 1.165) is 22.6 Å². The fourth-order valence-corrected chi connectivity index (χ4v) is 2.33. The number of benzene rings is 1. The van der Waals surface area contributed by atoms with Gasteiger partial charge in [0.25, 0.3) is 5.56 Å². The van der Waals surface area contributed by atoms with Gasteiger partial charge in [-0.3, -0.25) is 4.79 Å². The van der Waals surface area contributed by atoms with Crippen LogP contribution in [0.2, 0.25) is 0 Å². The molecule has 0 fully saturated rings. The molecule has 0 amide bonds. The van der Waals surface area contributed by atoms with Crippen LogP contribution in [0.1, 0.15) is 22.9 Å². The Hall–Kier alpha value is -2.14. The van der Waals surface area contributed by atoms with Crippen LogP contribution in [0.5, 0.6) is 5.75 Å². The van der Waals surface area contributed by atoms with Crippen LogP contribution in [0, 0.1) is 13.8 Å². The van der Waals surface area contributed by atoms with Gasteiger partial charge in [0, 0.05) is 11.6 Å². The fraction of sp³-hybridized carbons (Fsp3) is 0.375. The lowest BCUT2D eigenvalue weighted by Gasteiger charge is -2.20. The zero-order valence-electron chi connectivity index (χ0n) is 12.9. The predicted octanol–water partition coefficient (Wildman–Crippen LogP) is 1.83. The van der Waals surface area contributed by atoms with Crippen molar-refractivity contribution in [3.05, 3.63) is 57.5 Å². The summed E-state index contributed by atoms with van der Waals surface area (Å²) in [5, 5.41) is 7.52. The van der Waals surface area contributed by atoms with Gasteiger partial charge in [-0.15, -0.1) is 0 Å². The van der Waals surface area contributed by atoms with E-state index in [9.17, 15) is 4.79 Å². The Labute approximate surface area is 124 Å². The molecule has 21 heavy (non-hydrogen) atoms. The van der Waals surface area contributed by atoms with Gasteiger partial charge >= 0.3 is 0 Å². The van der Waals surface area contributed by atoms with Crippen molar-refractivity contribution >= 4 is 0 Å². The summed E-state index contributed by atoms with van der Waals surface area (Å²) in [7, 11) is 3.52. The molecule has 0 spiro atoms. The SMILES string of the molecule is CNC(Cn1nc(C)ccc1=O)c1cc(C)ccc1OC. The zero-order chi connectivity index (χ0) is 15.4. The second-order valence-electron chi connectivity index (χ2n) is 5.08. The Morgan fingerprint density at radius 3 is 2.71 bits per heavy atom. The van der Waals surface area contributed by atoms with Crippen molar-refractivity contribution in [2.75, 3.05) is 14.2 Å². The molecule has 0 radical (unpaired) electrons. The summed E-state index contributed by atoms with van der Waals surface area (Å²) in [4.78, 5) is 11.9. The van der Waals surface area contributed by atoms with Crippen molar-refractivity contribution in [2.24, 2.45) is 0 Å². The van der Waals surface area contributed by atoms with Crippen LogP contribution in [0.4, 0.5) is 0 Å². The molecular weight excluding hydrogens is 266 g/mol.